The molecule has 3 aromatic heterocycles. The number of para-hydroxylation sites is 1. The lowest BCUT2D eigenvalue weighted by molar-refractivity contribution is 0.669. The highest BCUT2D eigenvalue weighted by atomic mass is 16.3. The molecule has 5 nitrogen and oxygen atoms in total. The van der Waals surface area contributed by atoms with Crippen LogP contribution in [0.5, 0.6) is 0 Å². The van der Waals surface area contributed by atoms with Gasteiger partial charge >= 0.3 is 0 Å². The van der Waals surface area contributed by atoms with Crippen LogP contribution in [0.1, 0.15) is 6.85 Å². The van der Waals surface area contributed by atoms with Gasteiger partial charge in [-0.25, -0.2) is 15.0 Å². The molecule has 9 aromatic rings. The van der Waals surface area contributed by atoms with E-state index in [0.717, 1.165) is 38.8 Å². The van der Waals surface area contributed by atoms with Gasteiger partial charge in [-0.1, -0.05) is 158 Å². The van der Waals surface area contributed by atoms with E-state index in [0.29, 0.717) is 27.8 Å². The molecule has 0 saturated heterocycles. The van der Waals surface area contributed by atoms with Crippen LogP contribution in [-0.4, -0.2) is 19.9 Å². The monoisotopic (exact) mass is 633 g/mol. The van der Waals surface area contributed by atoms with Crippen molar-refractivity contribution in [3.8, 4) is 67.7 Å². The summed E-state index contributed by atoms with van der Waals surface area (Å²) in [5, 5.41) is 1.48. The average molecular weight is 634 g/mol. The third-order valence-electron chi connectivity index (χ3n) is 8.53. The first-order chi connectivity index (χ1) is 26.4. The molecule has 0 aliphatic heterocycles. The molecule has 0 aliphatic rings. The summed E-state index contributed by atoms with van der Waals surface area (Å²) >= 11 is 0. The summed E-state index contributed by atoms with van der Waals surface area (Å²) in [6.07, 6.45) is 1.62. The summed E-state index contributed by atoms with van der Waals surface area (Å²) in [4.78, 5) is 19.1. The van der Waals surface area contributed by atoms with Gasteiger partial charge in [0.05, 0.1) is 12.2 Å². The van der Waals surface area contributed by atoms with Crippen LogP contribution in [0.25, 0.3) is 89.6 Å². The molecule has 0 amide bonds. The number of pyridine rings is 1. The van der Waals surface area contributed by atoms with Gasteiger partial charge in [0, 0.05) is 28.3 Å². The molecular weight excluding hydrogens is 601 g/mol. The Balaban J connectivity index is 1.23. The molecule has 0 spiro atoms. The molecule has 0 N–H and O–H groups in total. The average Bonchev–Trinajstić information content (AvgIpc) is 3.62. The fraction of sp³-hybridized carbons (Fsp3) is 0. The second-order valence-corrected chi connectivity index (χ2v) is 11.5. The van der Waals surface area contributed by atoms with Crippen molar-refractivity contribution >= 4 is 21.9 Å². The van der Waals surface area contributed by atoms with E-state index in [1.54, 1.807) is 12.3 Å². The van der Waals surface area contributed by atoms with Crippen molar-refractivity contribution in [2.24, 2.45) is 0 Å². The minimum Gasteiger partial charge on any atom is -0.455 e. The van der Waals surface area contributed by atoms with Crippen molar-refractivity contribution in [3.63, 3.8) is 0 Å². The van der Waals surface area contributed by atoms with E-state index in [4.69, 9.17) is 31.2 Å². The van der Waals surface area contributed by atoms with E-state index in [9.17, 15) is 0 Å². The Labute approximate surface area is 290 Å². The van der Waals surface area contributed by atoms with Gasteiger partial charge in [0.15, 0.2) is 17.5 Å². The van der Waals surface area contributed by atoms with E-state index in [-0.39, 0.29) is 23.0 Å². The summed E-state index contributed by atoms with van der Waals surface area (Å²) in [5.41, 5.74) is 8.35. The van der Waals surface area contributed by atoms with Crippen molar-refractivity contribution in [1.29, 1.82) is 0 Å². The molecule has 0 unspecified atom stereocenters. The maximum atomic E-state index is 8.72. The number of benzene rings is 6. The molecule has 0 fully saturated rings. The van der Waals surface area contributed by atoms with Crippen LogP contribution >= 0.6 is 0 Å². The van der Waals surface area contributed by atoms with Crippen LogP contribution in [0.3, 0.4) is 0 Å². The second kappa shape index (κ2) is 12.1. The summed E-state index contributed by atoms with van der Waals surface area (Å²) < 4.78 is 48.8. The lowest BCUT2D eigenvalue weighted by Gasteiger charge is -2.09. The molecule has 6 aromatic carbocycles. The van der Waals surface area contributed by atoms with Crippen LogP contribution in [0, 0.1) is 0 Å². The minimum absolute atomic E-state index is 0.0649. The minimum atomic E-state index is -0.499. The normalized spacial score (nSPS) is 12.7. The van der Waals surface area contributed by atoms with Crippen LogP contribution < -0.4 is 0 Å². The first-order valence-electron chi connectivity index (χ1n) is 18.3. The van der Waals surface area contributed by atoms with E-state index in [1.807, 2.05) is 91.0 Å². The van der Waals surface area contributed by atoms with Crippen LogP contribution in [0.2, 0.25) is 0 Å². The van der Waals surface area contributed by atoms with Gasteiger partial charge in [-0.3, -0.25) is 4.98 Å². The molecule has 5 heteroatoms. The predicted octanol–water partition coefficient (Wildman–Crippen LogP) is 11.2. The number of hydrogen-bond donors (Lipinski definition) is 0. The topological polar surface area (TPSA) is 64.7 Å². The molecular formula is C44H28N4O. The van der Waals surface area contributed by atoms with Crippen LogP contribution in [-0.2, 0) is 0 Å². The third kappa shape index (κ3) is 5.33. The Kier molecular flexibility index (Phi) is 5.84. The highest BCUT2D eigenvalue weighted by molar-refractivity contribution is 6.14. The second-order valence-electron chi connectivity index (χ2n) is 11.5. The molecule has 0 bridgehead atoms. The number of fused-ring (bicyclic) bond motifs is 3. The Morgan fingerprint density at radius 3 is 1.65 bits per heavy atom. The molecule has 0 saturated carbocycles. The Morgan fingerprint density at radius 1 is 0.449 bits per heavy atom. The first kappa shape index (κ1) is 23.6. The smallest absolute Gasteiger partial charge is 0.183 e. The van der Waals surface area contributed by atoms with Gasteiger partial charge < -0.3 is 4.42 Å². The van der Waals surface area contributed by atoms with E-state index >= 15 is 0 Å². The summed E-state index contributed by atoms with van der Waals surface area (Å²) in [6, 6.07) is 41.7. The lowest BCUT2D eigenvalue weighted by Crippen LogP contribution is -2.01. The highest BCUT2D eigenvalue weighted by Gasteiger charge is 2.20. The summed E-state index contributed by atoms with van der Waals surface area (Å²) in [5.74, 6) is 0.358. The van der Waals surface area contributed by atoms with Crippen molar-refractivity contribution in [2.75, 3.05) is 0 Å². The van der Waals surface area contributed by atoms with Crippen molar-refractivity contribution in [1.82, 2.24) is 19.9 Å². The summed E-state index contributed by atoms with van der Waals surface area (Å²) in [7, 11) is 0. The quantitative estimate of drug-likeness (QED) is 0.182. The van der Waals surface area contributed by atoms with E-state index < -0.39 is 30.2 Å². The van der Waals surface area contributed by atoms with Crippen molar-refractivity contribution in [2.45, 2.75) is 0 Å². The zero-order valence-corrected chi connectivity index (χ0v) is 26.0. The molecule has 0 radical (unpaired) electrons. The van der Waals surface area contributed by atoms with E-state index in [2.05, 4.69) is 36.4 Å². The zero-order chi connectivity index (χ0) is 36.9. The molecule has 49 heavy (non-hydrogen) atoms. The first-order valence-corrected chi connectivity index (χ1v) is 15.8. The van der Waals surface area contributed by atoms with Gasteiger partial charge in [0.2, 0.25) is 0 Å². The van der Waals surface area contributed by atoms with Crippen molar-refractivity contribution in [3.05, 3.63) is 170 Å². The highest BCUT2D eigenvalue weighted by Crippen LogP contribution is 2.40. The number of furan rings is 1. The van der Waals surface area contributed by atoms with Gasteiger partial charge in [-0.2, -0.15) is 0 Å². The zero-order valence-electron chi connectivity index (χ0n) is 31.0. The van der Waals surface area contributed by atoms with Gasteiger partial charge in [0.1, 0.15) is 16.9 Å². The number of rotatable bonds is 6. The standard InChI is InChI=1S/C44H28N4O/c1-4-11-29(12-5-1)31-19-23-33(24-20-31)36-17-10-18-37-39-38(49-41(36)37)27-28-45-40(39)44-47-42(34-15-8-3-9-16-34)46-43(48-44)35-25-21-32(22-26-35)30-13-6-2-7-14-30/h1-28H/i3D,8D,9D,15D,16D. The van der Waals surface area contributed by atoms with Gasteiger partial charge in [-0.05, 0) is 33.9 Å². The molecule has 230 valence electrons. The molecule has 0 aliphatic carbocycles. The van der Waals surface area contributed by atoms with Gasteiger partial charge in [0.25, 0.3) is 0 Å². The lowest BCUT2D eigenvalue weighted by atomic mass is 9.98. The Morgan fingerprint density at radius 2 is 1.00 bits per heavy atom. The number of aromatic nitrogens is 4. The fourth-order valence-corrected chi connectivity index (χ4v) is 6.14. The maximum Gasteiger partial charge on any atom is 0.183 e. The van der Waals surface area contributed by atoms with Gasteiger partial charge in [-0.15, -0.1) is 0 Å². The third-order valence-corrected chi connectivity index (χ3v) is 8.53. The molecule has 9 rings (SSSR count). The summed E-state index contributed by atoms with van der Waals surface area (Å²) in [6.45, 7) is 0. The largest absolute Gasteiger partial charge is 0.455 e. The number of nitrogens with zero attached hydrogens (tertiary/aromatic N) is 4. The Hall–Kier alpha value is -6.72. The SMILES string of the molecule is [2H]c1c([2H])c([2H])c(-c2nc(-c3ccc(-c4ccccc4)cc3)nc(-c3nccc4oc5c(-c6ccc(-c7ccccc7)cc6)cccc5c34)n2)c([2H])c1[2H]. The fourth-order valence-electron chi connectivity index (χ4n) is 6.14. The van der Waals surface area contributed by atoms with E-state index in [1.165, 1.54) is 0 Å². The maximum absolute atomic E-state index is 8.72. The molecule has 0 atom stereocenters. The van der Waals surface area contributed by atoms with Crippen LogP contribution in [0.15, 0.2) is 174 Å². The predicted molar refractivity (Wildman–Crippen MR) is 198 cm³/mol. The number of hydrogen-bond acceptors (Lipinski definition) is 5. The Bertz CT molecular complexity index is 2830. The molecule has 3 heterocycles. The van der Waals surface area contributed by atoms with Crippen LogP contribution in [0.4, 0.5) is 0 Å². The van der Waals surface area contributed by atoms with Crippen molar-refractivity contribution < 1.29 is 11.3 Å².